The Labute approximate surface area is 174 Å². The summed E-state index contributed by atoms with van der Waals surface area (Å²) >= 11 is 6.06. The molecule has 0 aliphatic carbocycles. The molecule has 0 aliphatic heterocycles. The standard InChI is InChI=1S/C21H24ClNO6/c1-4-27-11-12-28-21(25)14(2)29-17-8-5-15(6-9-17)20(24)23-16-7-10-19(26-3)18(22)13-16/h5-10,13-14H,4,11-12H2,1-3H3,(H,23,24)/t14-/m0/s1. The number of halogens is 1. The lowest BCUT2D eigenvalue weighted by atomic mass is 10.2. The zero-order valence-corrected chi connectivity index (χ0v) is 17.3. The molecule has 0 aliphatic rings. The molecule has 1 amide bonds. The van der Waals surface area contributed by atoms with Gasteiger partial charge >= 0.3 is 5.97 Å². The minimum absolute atomic E-state index is 0.175. The van der Waals surface area contributed by atoms with E-state index >= 15 is 0 Å². The third kappa shape index (κ3) is 6.96. The van der Waals surface area contributed by atoms with Crippen molar-refractivity contribution in [2.45, 2.75) is 20.0 Å². The fraction of sp³-hybridized carbons (Fsp3) is 0.333. The Morgan fingerprint density at radius 1 is 1.10 bits per heavy atom. The van der Waals surface area contributed by atoms with Crippen LogP contribution in [0, 0.1) is 0 Å². The molecule has 0 saturated heterocycles. The molecule has 8 heteroatoms. The number of hydrogen-bond donors (Lipinski definition) is 1. The lowest BCUT2D eigenvalue weighted by Crippen LogP contribution is -2.27. The van der Waals surface area contributed by atoms with Gasteiger partial charge in [0.05, 0.1) is 18.7 Å². The number of benzene rings is 2. The molecule has 0 fully saturated rings. The van der Waals surface area contributed by atoms with Crippen molar-refractivity contribution in [3.05, 3.63) is 53.1 Å². The molecule has 0 aromatic heterocycles. The van der Waals surface area contributed by atoms with Crippen LogP contribution in [0.25, 0.3) is 0 Å². The Hall–Kier alpha value is -2.77. The zero-order chi connectivity index (χ0) is 21.2. The van der Waals surface area contributed by atoms with Gasteiger partial charge < -0.3 is 24.3 Å². The van der Waals surface area contributed by atoms with Crippen molar-refractivity contribution in [1.82, 2.24) is 0 Å². The van der Waals surface area contributed by atoms with Gasteiger partial charge in [0.1, 0.15) is 18.1 Å². The molecule has 0 radical (unpaired) electrons. The molecule has 0 spiro atoms. The Morgan fingerprint density at radius 2 is 1.83 bits per heavy atom. The summed E-state index contributed by atoms with van der Waals surface area (Å²) in [6, 6.07) is 11.4. The second-order valence-corrected chi connectivity index (χ2v) is 6.36. The van der Waals surface area contributed by atoms with Crippen LogP contribution in [0.1, 0.15) is 24.2 Å². The van der Waals surface area contributed by atoms with Gasteiger partial charge in [-0.1, -0.05) is 11.6 Å². The van der Waals surface area contributed by atoms with Gasteiger partial charge in [-0.05, 0) is 56.3 Å². The maximum absolute atomic E-state index is 12.4. The summed E-state index contributed by atoms with van der Waals surface area (Å²) in [6.07, 6.45) is -0.780. The van der Waals surface area contributed by atoms with Crippen molar-refractivity contribution in [3.63, 3.8) is 0 Å². The van der Waals surface area contributed by atoms with E-state index in [4.69, 9.17) is 30.5 Å². The first kappa shape index (κ1) is 22.5. The lowest BCUT2D eigenvalue weighted by molar-refractivity contribution is -0.152. The van der Waals surface area contributed by atoms with Gasteiger partial charge in [0.25, 0.3) is 5.91 Å². The first-order valence-corrected chi connectivity index (χ1v) is 9.48. The predicted octanol–water partition coefficient (Wildman–Crippen LogP) is 3.95. The first-order chi connectivity index (χ1) is 13.9. The fourth-order valence-electron chi connectivity index (χ4n) is 2.35. The van der Waals surface area contributed by atoms with E-state index in [0.717, 1.165) is 0 Å². The summed E-state index contributed by atoms with van der Waals surface area (Å²) in [7, 11) is 1.52. The van der Waals surface area contributed by atoms with Gasteiger partial charge in [-0.15, -0.1) is 0 Å². The highest BCUT2D eigenvalue weighted by atomic mass is 35.5. The van der Waals surface area contributed by atoms with Gasteiger partial charge in [0.2, 0.25) is 0 Å². The first-order valence-electron chi connectivity index (χ1n) is 9.10. The molecule has 2 rings (SSSR count). The molecule has 0 unspecified atom stereocenters. The van der Waals surface area contributed by atoms with Crippen molar-refractivity contribution in [2.24, 2.45) is 0 Å². The summed E-state index contributed by atoms with van der Waals surface area (Å²) < 4.78 is 20.8. The molecular weight excluding hydrogens is 398 g/mol. The average molecular weight is 422 g/mol. The number of carbonyl (C=O) groups is 2. The van der Waals surface area contributed by atoms with Crippen molar-refractivity contribution >= 4 is 29.2 Å². The number of nitrogens with one attached hydrogen (secondary N) is 1. The normalized spacial score (nSPS) is 11.4. The highest BCUT2D eigenvalue weighted by molar-refractivity contribution is 6.32. The maximum atomic E-state index is 12.4. The van der Waals surface area contributed by atoms with E-state index < -0.39 is 12.1 Å². The molecule has 2 aromatic carbocycles. The van der Waals surface area contributed by atoms with Crippen LogP contribution in [0.4, 0.5) is 5.69 Å². The van der Waals surface area contributed by atoms with E-state index in [2.05, 4.69) is 5.32 Å². The number of carbonyl (C=O) groups excluding carboxylic acids is 2. The Kier molecular flexibility index (Phi) is 8.76. The lowest BCUT2D eigenvalue weighted by Gasteiger charge is -2.14. The third-order valence-electron chi connectivity index (χ3n) is 3.85. The number of hydrogen-bond acceptors (Lipinski definition) is 6. The number of anilines is 1. The molecule has 0 saturated carbocycles. The quantitative estimate of drug-likeness (QED) is 0.462. The molecule has 7 nitrogen and oxygen atoms in total. The van der Waals surface area contributed by atoms with Crippen LogP contribution >= 0.6 is 11.6 Å². The van der Waals surface area contributed by atoms with Crippen molar-refractivity contribution in [3.8, 4) is 11.5 Å². The summed E-state index contributed by atoms with van der Waals surface area (Å²) in [5, 5.41) is 3.16. The van der Waals surface area contributed by atoms with E-state index in [0.29, 0.717) is 41.0 Å². The van der Waals surface area contributed by atoms with Crippen LogP contribution < -0.4 is 14.8 Å². The minimum atomic E-state index is -0.780. The van der Waals surface area contributed by atoms with Gasteiger partial charge in [0.15, 0.2) is 6.10 Å². The molecule has 2 aromatic rings. The van der Waals surface area contributed by atoms with Crippen LogP contribution in [0.3, 0.4) is 0 Å². The van der Waals surface area contributed by atoms with Crippen LogP contribution in [0.2, 0.25) is 5.02 Å². The van der Waals surface area contributed by atoms with Gasteiger partial charge in [0, 0.05) is 17.9 Å². The highest BCUT2D eigenvalue weighted by Gasteiger charge is 2.16. The maximum Gasteiger partial charge on any atom is 0.347 e. The van der Waals surface area contributed by atoms with Crippen molar-refractivity contribution in [1.29, 1.82) is 0 Å². The van der Waals surface area contributed by atoms with E-state index in [9.17, 15) is 9.59 Å². The van der Waals surface area contributed by atoms with Crippen molar-refractivity contribution in [2.75, 3.05) is 32.2 Å². The van der Waals surface area contributed by atoms with E-state index in [1.807, 2.05) is 6.92 Å². The zero-order valence-electron chi connectivity index (χ0n) is 16.6. The van der Waals surface area contributed by atoms with E-state index in [-0.39, 0.29) is 12.5 Å². The summed E-state index contributed by atoms with van der Waals surface area (Å²) in [4.78, 5) is 24.3. The number of esters is 1. The smallest absolute Gasteiger partial charge is 0.347 e. The Bertz CT molecular complexity index is 824. The third-order valence-corrected chi connectivity index (χ3v) is 4.14. The molecule has 156 valence electrons. The summed E-state index contributed by atoms with van der Waals surface area (Å²) in [5.41, 5.74) is 0.973. The summed E-state index contributed by atoms with van der Waals surface area (Å²) in [5.74, 6) is 0.184. The van der Waals surface area contributed by atoms with Crippen LogP contribution in [0.15, 0.2) is 42.5 Å². The average Bonchev–Trinajstić information content (AvgIpc) is 2.71. The number of amides is 1. The minimum Gasteiger partial charge on any atom is -0.495 e. The topological polar surface area (TPSA) is 83.1 Å². The van der Waals surface area contributed by atoms with Gasteiger partial charge in [-0.3, -0.25) is 4.79 Å². The molecular formula is C21H24ClNO6. The summed E-state index contributed by atoms with van der Waals surface area (Å²) in [6.45, 7) is 4.54. The van der Waals surface area contributed by atoms with Crippen LogP contribution in [-0.4, -0.2) is 44.9 Å². The number of methoxy groups -OCH3 is 1. The molecule has 29 heavy (non-hydrogen) atoms. The van der Waals surface area contributed by atoms with Crippen molar-refractivity contribution < 1.29 is 28.5 Å². The molecule has 1 atom stereocenters. The largest absolute Gasteiger partial charge is 0.495 e. The van der Waals surface area contributed by atoms with Crippen LogP contribution in [0.5, 0.6) is 11.5 Å². The Balaban J connectivity index is 1.89. The molecule has 0 heterocycles. The van der Waals surface area contributed by atoms with Crippen LogP contribution in [-0.2, 0) is 14.3 Å². The molecule has 1 N–H and O–H groups in total. The second kappa shape index (κ2) is 11.3. The highest BCUT2D eigenvalue weighted by Crippen LogP contribution is 2.27. The number of rotatable bonds is 10. The second-order valence-electron chi connectivity index (χ2n) is 5.95. The fourth-order valence-corrected chi connectivity index (χ4v) is 2.61. The van der Waals surface area contributed by atoms with Gasteiger partial charge in [-0.2, -0.15) is 0 Å². The Morgan fingerprint density at radius 3 is 2.45 bits per heavy atom. The predicted molar refractivity (Wildman–Crippen MR) is 110 cm³/mol. The SMILES string of the molecule is CCOCCOC(=O)[C@H](C)Oc1ccc(C(=O)Nc2ccc(OC)c(Cl)c2)cc1. The van der Waals surface area contributed by atoms with E-state index in [1.54, 1.807) is 49.4 Å². The number of ether oxygens (including phenoxy) is 4. The van der Waals surface area contributed by atoms with Gasteiger partial charge in [-0.25, -0.2) is 4.79 Å². The monoisotopic (exact) mass is 421 g/mol. The molecule has 0 bridgehead atoms. The van der Waals surface area contributed by atoms with E-state index in [1.165, 1.54) is 7.11 Å².